The van der Waals surface area contributed by atoms with E-state index in [1.807, 2.05) is 16.8 Å². The maximum Gasteiger partial charge on any atom is 0.138 e. The van der Waals surface area contributed by atoms with Crippen molar-refractivity contribution in [3.63, 3.8) is 0 Å². The molecule has 0 amide bonds. The van der Waals surface area contributed by atoms with Crippen molar-refractivity contribution >= 4 is 11.6 Å². The van der Waals surface area contributed by atoms with Crippen LogP contribution < -0.4 is 5.32 Å². The molecule has 1 N–H and O–H groups in total. The van der Waals surface area contributed by atoms with E-state index in [1.54, 1.807) is 6.33 Å². The lowest BCUT2D eigenvalue weighted by Gasteiger charge is -2.18. The van der Waals surface area contributed by atoms with E-state index in [0.29, 0.717) is 6.04 Å². The lowest BCUT2D eigenvalue weighted by molar-refractivity contribution is 0.482. The summed E-state index contributed by atoms with van der Waals surface area (Å²) in [5, 5.41) is 8.62. The van der Waals surface area contributed by atoms with Crippen LogP contribution in [0.1, 0.15) is 31.7 Å². The number of likely N-dealkylation sites (N-methyl/N-ethyl adjacent to an activating group) is 1. The molecule has 1 aromatic heterocycles. The first-order valence-electron chi connectivity index (χ1n) is 7.57. The quantitative estimate of drug-likeness (QED) is 0.815. The van der Waals surface area contributed by atoms with Crippen LogP contribution in [0, 0.1) is 0 Å². The number of nitrogens with zero attached hydrogens (tertiary/aromatic N) is 3. The van der Waals surface area contributed by atoms with E-state index in [4.69, 9.17) is 11.6 Å². The molecule has 1 atom stereocenters. The molecule has 1 heterocycles. The maximum absolute atomic E-state index is 5.94. The average molecular weight is 307 g/mol. The SMILES string of the molecule is CCCn1ncnc1CC(Cc1ccc(Cl)cc1)NCC. The fraction of sp³-hybridized carbons (Fsp3) is 0.500. The molecule has 4 nitrogen and oxygen atoms in total. The highest BCUT2D eigenvalue weighted by atomic mass is 35.5. The molecule has 5 heteroatoms. The number of hydrogen-bond donors (Lipinski definition) is 1. The number of halogens is 1. The molecule has 0 aliphatic carbocycles. The molecule has 1 aromatic carbocycles. The van der Waals surface area contributed by atoms with Crippen molar-refractivity contribution in [3.05, 3.63) is 47.0 Å². The van der Waals surface area contributed by atoms with Crippen molar-refractivity contribution in [2.45, 2.75) is 45.7 Å². The van der Waals surface area contributed by atoms with Gasteiger partial charge in [-0.25, -0.2) is 4.98 Å². The highest BCUT2D eigenvalue weighted by molar-refractivity contribution is 6.30. The van der Waals surface area contributed by atoms with Gasteiger partial charge >= 0.3 is 0 Å². The van der Waals surface area contributed by atoms with Gasteiger partial charge in [0.25, 0.3) is 0 Å². The average Bonchev–Trinajstić information content (AvgIpc) is 2.89. The first-order valence-corrected chi connectivity index (χ1v) is 7.95. The number of rotatable bonds is 8. The van der Waals surface area contributed by atoms with Gasteiger partial charge in [0, 0.05) is 24.0 Å². The van der Waals surface area contributed by atoms with Crippen LogP contribution in [0.2, 0.25) is 5.02 Å². The van der Waals surface area contributed by atoms with Crippen LogP contribution in [0.15, 0.2) is 30.6 Å². The van der Waals surface area contributed by atoms with E-state index >= 15 is 0 Å². The smallest absolute Gasteiger partial charge is 0.138 e. The second-order valence-corrected chi connectivity index (χ2v) is 5.63. The van der Waals surface area contributed by atoms with E-state index in [0.717, 1.165) is 43.2 Å². The Hall–Kier alpha value is -1.39. The van der Waals surface area contributed by atoms with Gasteiger partial charge in [0.1, 0.15) is 12.2 Å². The minimum absolute atomic E-state index is 0.357. The Balaban J connectivity index is 2.04. The Morgan fingerprint density at radius 3 is 2.62 bits per heavy atom. The van der Waals surface area contributed by atoms with Crippen LogP contribution in [0.3, 0.4) is 0 Å². The summed E-state index contributed by atoms with van der Waals surface area (Å²) in [7, 11) is 0. The minimum Gasteiger partial charge on any atom is -0.313 e. The summed E-state index contributed by atoms with van der Waals surface area (Å²) >= 11 is 5.94. The molecule has 2 rings (SSSR count). The number of aromatic nitrogens is 3. The summed E-state index contributed by atoms with van der Waals surface area (Å²) in [6.45, 7) is 6.15. The van der Waals surface area contributed by atoms with Gasteiger partial charge in [0.15, 0.2) is 0 Å². The Bertz CT molecular complexity index is 535. The number of hydrogen-bond acceptors (Lipinski definition) is 3. The molecule has 114 valence electrons. The topological polar surface area (TPSA) is 42.7 Å². The van der Waals surface area contributed by atoms with Gasteiger partial charge in [0.2, 0.25) is 0 Å². The van der Waals surface area contributed by atoms with Crippen LogP contribution in [0.25, 0.3) is 0 Å². The van der Waals surface area contributed by atoms with E-state index in [-0.39, 0.29) is 0 Å². The summed E-state index contributed by atoms with van der Waals surface area (Å²) < 4.78 is 2.01. The Morgan fingerprint density at radius 2 is 1.95 bits per heavy atom. The monoisotopic (exact) mass is 306 g/mol. The number of aryl methyl sites for hydroxylation is 1. The molecule has 21 heavy (non-hydrogen) atoms. The molecule has 0 spiro atoms. The van der Waals surface area contributed by atoms with Crippen molar-refractivity contribution in [2.24, 2.45) is 0 Å². The van der Waals surface area contributed by atoms with E-state index in [9.17, 15) is 0 Å². The fourth-order valence-corrected chi connectivity index (χ4v) is 2.60. The first kappa shape index (κ1) is 16.0. The summed E-state index contributed by atoms with van der Waals surface area (Å²) in [6.07, 6.45) is 4.57. The third kappa shape index (κ3) is 4.83. The van der Waals surface area contributed by atoms with E-state index in [1.165, 1.54) is 5.56 Å². The highest BCUT2D eigenvalue weighted by Gasteiger charge is 2.13. The van der Waals surface area contributed by atoms with Gasteiger partial charge in [-0.2, -0.15) is 5.10 Å². The predicted octanol–water partition coefficient (Wildman–Crippen LogP) is 3.10. The maximum atomic E-state index is 5.94. The zero-order valence-electron chi connectivity index (χ0n) is 12.7. The van der Waals surface area contributed by atoms with Crippen LogP contribution in [-0.2, 0) is 19.4 Å². The molecule has 0 aliphatic heterocycles. The van der Waals surface area contributed by atoms with E-state index < -0.39 is 0 Å². The predicted molar refractivity (Wildman–Crippen MR) is 86.6 cm³/mol. The lowest BCUT2D eigenvalue weighted by Crippen LogP contribution is -2.34. The van der Waals surface area contributed by atoms with Crippen molar-refractivity contribution in [3.8, 4) is 0 Å². The third-order valence-corrected chi connectivity index (χ3v) is 3.70. The van der Waals surface area contributed by atoms with Crippen LogP contribution in [0.4, 0.5) is 0 Å². The second kappa shape index (κ2) is 8.15. The summed E-state index contributed by atoms with van der Waals surface area (Å²) in [4.78, 5) is 4.40. The molecule has 0 bridgehead atoms. The Morgan fingerprint density at radius 1 is 1.19 bits per heavy atom. The van der Waals surface area contributed by atoms with Crippen LogP contribution in [-0.4, -0.2) is 27.4 Å². The number of benzene rings is 1. The zero-order valence-corrected chi connectivity index (χ0v) is 13.5. The first-order chi connectivity index (χ1) is 10.2. The fourth-order valence-electron chi connectivity index (χ4n) is 2.48. The van der Waals surface area contributed by atoms with Gasteiger partial charge in [-0.15, -0.1) is 0 Å². The largest absolute Gasteiger partial charge is 0.313 e. The third-order valence-electron chi connectivity index (χ3n) is 3.45. The van der Waals surface area contributed by atoms with Gasteiger partial charge in [0.05, 0.1) is 0 Å². The summed E-state index contributed by atoms with van der Waals surface area (Å²) in [5.74, 6) is 1.05. The summed E-state index contributed by atoms with van der Waals surface area (Å²) in [5.41, 5.74) is 1.28. The lowest BCUT2D eigenvalue weighted by atomic mass is 10.0. The van der Waals surface area contributed by atoms with Gasteiger partial charge in [-0.1, -0.05) is 37.6 Å². The molecule has 0 saturated heterocycles. The molecule has 0 aliphatic rings. The molecular formula is C16H23ClN4. The zero-order chi connectivity index (χ0) is 15.1. The van der Waals surface area contributed by atoms with Gasteiger partial charge < -0.3 is 5.32 Å². The van der Waals surface area contributed by atoms with Crippen molar-refractivity contribution < 1.29 is 0 Å². The van der Waals surface area contributed by atoms with Crippen molar-refractivity contribution in [2.75, 3.05) is 6.54 Å². The van der Waals surface area contributed by atoms with Crippen molar-refractivity contribution in [1.82, 2.24) is 20.1 Å². The molecule has 0 saturated carbocycles. The molecule has 0 fully saturated rings. The molecule has 2 aromatic rings. The van der Waals surface area contributed by atoms with Crippen LogP contribution >= 0.6 is 11.6 Å². The molecule has 0 radical (unpaired) electrons. The number of nitrogens with one attached hydrogen (secondary N) is 1. The molecule has 1 unspecified atom stereocenters. The highest BCUT2D eigenvalue weighted by Crippen LogP contribution is 2.13. The van der Waals surface area contributed by atoms with E-state index in [2.05, 4.69) is 41.4 Å². The normalized spacial score (nSPS) is 12.5. The standard InChI is InChI=1S/C16H23ClN4/c1-3-9-21-16(19-12-20-21)11-15(18-4-2)10-13-5-7-14(17)8-6-13/h5-8,12,15,18H,3-4,9-11H2,1-2H3. The Labute approximate surface area is 131 Å². The Kier molecular flexibility index (Phi) is 6.21. The minimum atomic E-state index is 0.357. The van der Waals surface area contributed by atoms with Crippen molar-refractivity contribution in [1.29, 1.82) is 0 Å². The second-order valence-electron chi connectivity index (χ2n) is 5.19. The molecular weight excluding hydrogens is 284 g/mol. The summed E-state index contributed by atoms with van der Waals surface area (Å²) in [6, 6.07) is 8.42. The van der Waals surface area contributed by atoms with Crippen LogP contribution in [0.5, 0.6) is 0 Å². The van der Waals surface area contributed by atoms with Gasteiger partial charge in [-0.05, 0) is 37.1 Å². The van der Waals surface area contributed by atoms with Gasteiger partial charge in [-0.3, -0.25) is 4.68 Å².